The zero-order valence-corrected chi connectivity index (χ0v) is 18.3. The third kappa shape index (κ3) is 4.49. The molecule has 6 heteroatoms. The second-order valence-electron chi connectivity index (χ2n) is 9.40. The molecule has 0 unspecified atom stereocenters. The van der Waals surface area contributed by atoms with E-state index < -0.39 is 0 Å². The monoisotopic (exact) mass is 432 g/mol. The number of carbonyl (C=O) groups excluding carboxylic acids is 1. The van der Waals surface area contributed by atoms with Gasteiger partial charge in [-0.05, 0) is 92.8 Å². The topological polar surface area (TPSA) is 65.5 Å². The average molecular weight is 433 g/mol. The second-order valence-corrected chi connectivity index (χ2v) is 9.79. The van der Waals surface area contributed by atoms with Gasteiger partial charge in [0.25, 0.3) is 0 Å². The molecule has 0 aromatic heterocycles. The minimum Gasteiger partial charge on any atom is -0.326 e. The van der Waals surface area contributed by atoms with E-state index in [1.807, 2.05) is 60.7 Å². The molecule has 0 atom stereocenters. The van der Waals surface area contributed by atoms with Crippen molar-refractivity contribution in [2.24, 2.45) is 28.2 Å². The van der Waals surface area contributed by atoms with Gasteiger partial charge in [0, 0.05) is 11.4 Å². The molecule has 1 amide bonds. The minimum absolute atomic E-state index is 0.0686. The zero-order chi connectivity index (χ0) is 21.3. The number of guanidine groups is 1. The normalized spacial score (nSPS) is 27.9. The third-order valence-corrected chi connectivity index (χ3v) is 7.22. The number of benzene rings is 2. The first-order valence-electron chi connectivity index (χ1n) is 11.2. The first-order chi connectivity index (χ1) is 15.1. The lowest BCUT2D eigenvalue weighted by atomic mass is 9.49. The molecular weight excluding hydrogens is 404 g/mol. The van der Waals surface area contributed by atoms with Crippen LogP contribution in [0.5, 0.6) is 0 Å². The summed E-state index contributed by atoms with van der Waals surface area (Å²) < 4.78 is 0. The summed E-state index contributed by atoms with van der Waals surface area (Å²) in [6.45, 7) is 0. The predicted molar refractivity (Wildman–Crippen MR) is 129 cm³/mol. The largest absolute Gasteiger partial charge is 0.326 e. The molecule has 5 nitrogen and oxygen atoms in total. The van der Waals surface area contributed by atoms with Crippen molar-refractivity contribution in [2.45, 2.75) is 38.5 Å². The molecule has 6 rings (SSSR count). The van der Waals surface area contributed by atoms with E-state index in [1.165, 1.54) is 19.3 Å². The number of aliphatic imine (C=N–C) groups is 1. The first-order valence-corrected chi connectivity index (χ1v) is 11.6. The van der Waals surface area contributed by atoms with E-state index in [1.54, 1.807) is 0 Å². The number of amides is 1. The number of anilines is 2. The van der Waals surface area contributed by atoms with Gasteiger partial charge in [0.15, 0.2) is 0 Å². The van der Waals surface area contributed by atoms with E-state index >= 15 is 0 Å². The van der Waals surface area contributed by atoms with Crippen molar-refractivity contribution in [1.82, 2.24) is 5.32 Å². The fraction of sp³-hybridized carbons (Fsp3) is 0.400. The van der Waals surface area contributed by atoms with Crippen LogP contribution in [0.4, 0.5) is 11.4 Å². The standard InChI is InChI=1S/C25H28N4OS/c30-22(25-14-17-11-18(15-25)13-19(12-17)16-25)28-24(31)29-23(26-20-7-3-1-4-8-20)27-21-9-5-2-6-10-21/h1-10,17-19H,11-16H2,(H3,26,27,28,29,30,31). The van der Waals surface area contributed by atoms with Gasteiger partial charge in [0.2, 0.25) is 17.0 Å². The number of thiocarbonyl (C=S) groups is 1. The Morgan fingerprint density at radius 2 is 1.26 bits per heavy atom. The number of hydrogen-bond acceptors (Lipinski definition) is 2. The number of carbonyl (C=O) groups is 1. The molecule has 4 saturated carbocycles. The molecule has 3 N–H and O–H groups in total. The van der Waals surface area contributed by atoms with Gasteiger partial charge in [-0.2, -0.15) is 4.99 Å². The minimum atomic E-state index is -0.242. The molecule has 4 aliphatic carbocycles. The van der Waals surface area contributed by atoms with Crippen LogP contribution in [0.3, 0.4) is 0 Å². The molecule has 160 valence electrons. The maximum atomic E-state index is 13.3. The highest BCUT2D eigenvalue weighted by Gasteiger charge is 2.54. The van der Waals surface area contributed by atoms with E-state index in [4.69, 9.17) is 12.2 Å². The number of hydrogen-bond donors (Lipinski definition) is 3. The molecule has 4 bridgehead atoms. The van der Waals surface area contributed by atoms with Crippen LogP contribution in [-0.2, 0) is 4.79 Å². The van der Waals surface area contributed by atoms with Crippen LogP contribution in [0.2, 0.25) is 0 Å². The van der Waals surface area contributed by atoms with Crippen molar-refractivity contribution in [3.8, 4) is 0 Å². The second kappa shape index (κ2) is 8.42. The van der Waals surface area contributed by atoms with E-state index in [0.717, 1.165) is 30.6 Å². The van der Waals surface area contributed by atoms with Gasteiger partial charge >= 0.3 is 0 Å². The number of rotatable bonds is 3. The SMILES string of the molecule is O=C(NC(=S)N=C(Nc1ccccc1)Nc1ccccc1)C12CC3CC(CC(C3)C1)C2. The van der Waals surface area contributed by atoms with Crippen molar-refractivity contribution in [3.05, 3.63) is 60.7 Å². The Morgan fingerprint density at radius 3 is 1.71 bits per heavy atom. The van der Waals surface area contributed by atoms with Crippen molar-refractivity contribution in [1.29, 1.82) is 0 Å². The molecule has 4 fully saturated rings. The van der Waals surface area contributed by atoms with Gasteiger partial charge in [-0.15, -0.1) is 0 Å². The first kappa shape index (κ1) is 20.2. The summed E-state index contributed by atoms with van der Waals surface area (Å²) in [6.07, 6.45) is 6.95. The smallest absolute Gasteiger partial charge is 0.232 e. The quantitative estimate of drug-likeness (QED) is 0.355. The van der Waals surface area contributed by atoms with Gasteiger partial charge in [-0.3, -0.25) is 4.79 Å². The molecule has 2 aromatic carbocycles. The van der Waals surface area contributed by atoms with E-state index in [-0.39, 0.29) is 16.4 Å². The van der Waals surface area contributed by atoms with Crippen LogP contribution in [0, 0.1) is 23.2 Å². The number of para-hydroxylation sites is 2. The summed E-state index contributed by atoms with van der Waals surface area (Å²) in [5.41, 5.74) is 1.54. The number of nitrogens with one attached hydrogen (secondary N) is 3. The molecule has 0 saturated heterocycles. The van der Waals surface area contributed by atoms with Gasteiger partial charge in [0.1, 0.15) is 0 Å². The van der Waals surface area contributed by atoms with Gasteiger partial charge in [-0.25, -0.2) is 0 Å². The van der Waals surface area contributed by atoms with E-state index in [2.05, 4.69) is 20.9 Å². The Hall–Kier alpha value is -2.73. The summed E-state index contributed by atoms with van der Waals surface area (Å²) in [4.78, 5) is 17.8. The predicted octanol–water partition coefficient (Wildman–Crippen LogP) is 5.18. The average Bonchev–Trinajstić information content (AvgIpc) is 2.74. The molecule has 0 spiro atoms. The Bertz CT molecular complexity index is 910. The third-order valence-electron chi connectivity index (χ3n) is 7.03. The van der Waals surface area contributed by atoms with Crippen LogP contribution in [-0.4, -0.2) is 17.0 Å². The fourth-order valence-electron chi connectivity index (χ4n) is 6.15. The van der Waals surface area contributed by atoms with Crippen molar-refractivity contribution in [2.75, 3.05) is 10.6 Å². The maximum absolute atomic E-state index is 13.3. The lowest BCUT2D eigenvalue weighted by Gasteiger charge is -2.55. The lowest BCUT2D eigenvalue weighted by Crippen LogP contribution is -2.54. The molecule has 31 heavy (non-hydrogen) atoms. The summed E-state index contributed by atoms with van der Waals surface area (Å²) in [7, 11) is 0. The van der Waals surface area contributed by atoms with E-state index in [0.29, 0.717) is 23.7 Å². The molecule has 0 heterocycles. The summed E-state index contributed by atoms with van der Waals surface area (Å²) in [6, 6.07) is 19.6. The van der Waals surface area contributed by atoms with Crippen LogP contribution < -0.4 is 16.0 Å². The Balaban J connectivity index is 1.31. The van der Waals surface area contributed by atoms with Gasteiger partial charge < -0.3 is 16.0 Å². The van der Waals surface area contributed by atoms with Gasteiger partial charge in [-0.1, -0.05) is 36.4 Å². The summed E-state index contributed by atoms with van der Waals surface area (Å²) in [5.74, 6) is 2.68. The fourth-order valence-corrected chi connectivity index (χ4v) is 6.34. The van der Waals surface area contributed by atoms with Crippen molar-refractivity contribution >= 4 is 40.6 Å². The molecule has 0 aliphatic heterocycles. The highest BCUT2D eigenvalue weighted by Crippen LogP contribution is 2.60. The van der Waals surface area contributed by atoms with Crippen LogP contribution in [0.1, 0.15) is 38.5 Å². The van der Waals surface area contributed by atoms with Crippen LogP contribution >= 0.6 is 12.2 Å². The summed E-state index contributed by atoms with van der Waals surface area (Å²) >= 11 is 5.49. The molecule has 2 aromatic rings. The molecule has 0 radical (unpaired) electrons. The maximum Gasteiger partial charge on any atom is 0.232 e. The van der Waals surface area contributed by atoms with E-state index in [9.17, 15) is 4.79 Å². The van der Waals surface area contributed by atoms with Crippen LogP contribution in [0.25, 0.3) is 0 Å². The zero-order valence-electron chi connectivity index (χ0n) is 17.5. The molecule has 4 aliphatic rings. The highest BCUT2D eigenvalue weighted by atomic mass is 32.1. The highest BCUT2D eigenvalue weighted by molar-refractivity contribution is 7.80. The Kier molecular flexibility index (Phi) is 5.48. The lowest BCUT2D eigenvalue weighted by molar-refractivity contribution is -0.144. The Labute approximate surface area is 188 Å². The van der Waals surface area contributed by atoms with Crippen LogP contribution in [0.15, 0.2) is 65.7 Å². The van der Waals surface area contributed by atoms with Crippen molar-refractivity contribution < 1.29 is 4.79 Å². The number of nitrogens with zero attached hydrogens (tertiary/aromatic N) is 1. The summed E-state index contributed by atoms with van der Waals surface area (Å²) in [5, 5.41) is 9.70. The Morgan fingerprint density at radius 1 is 0.806 bits per heavy atom. The van der Waals surface area contributed by atoms with Gasteiger partial charge in [0.05, 0.1) is 5.41 Å². The van der Waals surface area contributed by atoms with Crippen molar-refractivity contribution in [3.63, 3.8) is 0 Å². The molecular formula is C25H28N4OS.